The lowest BCUT2D eigenvalue weighted by Crippen LogP contribution is -2.04. The van der Waals surface area contributed by atoms with E-state index in [0.29, 0.717) is 6.42 Å². The monoisotopic (exact) mass is 255 g/mol. The Morgan fingerprint density at radius 2 is 1.29 bits per heavy atom. The van der Waals surface area contributed by atoms with Gasteiger partial charge in [0.1, 0.15) is 0 Å². The third kappa shape index (κ3) is 7.67. The summed E-state index contributed by atoms with van der Waals surface area (Å²) in [6.07, 6.45) is 12.8. The lowest BCUT2D eigenvalue weighted by atomic mass is 10.4. The average Bonchev–Trinajstić information content (AvgIpc) is 2.37. The van der Waals surface area contributed by atoms with E-state index < -0.39 is 6.89 Å². The fraction of sp³-hybridized carbons (Fsp3) is 0.867. The second-order valence-electron chi connectivity index (χ2n) is 4.99. The molecule has 100 valence electrons. The minimum absolute atomic E-state index is 0.672. The average molecular weight is 255 g/mol. The van der Waals surface area contributed by atoms with Gasteiger partial charge in [0.2, 0.25) is 0 Å². The van der Waals surface area contributed by atoms with E-state index in [4.69, 9.17) is 5.26 Å². The Kier molecular flexibility index (Phi) is 10.8. The molecule has 0 radical (unpaired) electrons. The van der Waals surface area contributed by atoms with Gasteiger partial charge in [0.05, 0.1) is 12.5 Å². The lowest BCUT2D eigenvalue weighted by Gasteiger charge is -2.26. The van der Waals surface area contributed by atoms with E-state index in [1.807, 2.05) is 0 Å². The van der Waals surface area contributed by atoms with Crippen LogP contribution in [0.5, 0.6) is 0 Å². The molecule has 0 aromatic rings. The van der Waals surface area contributed by atoms with Crippen LogP contribution in [0.3, 0.4) is 0 Å². The quantitative estimate of drug-likeness (QED) is 0.497. The minimum atomic E-state index is -0.910. The topological polar surface area (TPSA) is 23.8 Å². The van der Waals surface area contributed by atoms with E-state index in [2.05, 4.69) is 32.6 Å². The fourth-order valence-electron chi connectivity index (χ4n) is 2.26. The summed E-state index contributed by atoms with van der Waals surface area (Å²) in [5.74, 6) is 2.44. The minimum Gasteiger partial charge on any atom is -0.198 e. The Balaban J connectivity index is 4.71. The van der Waals surface area contributed by atoms with Crippen LogP contribution in [0.1, 0.15) is 65.7 Å². The molecule has 0 bridgehead atoms. The van der Waals surface area contributed by atoms with Crippen molar-refractivity contribution in [2.24, 2.45) is 0 Å². The Labute approximate surface area is 109 Å². The predicted molar refractivity (Wildman–Crippen MR) is 82.5 cm³/mol. The van der Waals surface area contributed by atoms with Gasteiger partial charge >= 0.3 is 0 Å². The highest BCUT2D eigenvalue weighted by atomic mass is 31.2. The molecule has 0 saturated heterocycles. The maximum Gasteiger partial charge on any atom is 0.0663 e. The fourth-order valence-corrected chi connectivity index (χ4v) is 6.79. The summed E-state index contributed by atoms with van der Waals surface area (Å²) >= 11 is 0. The van der Waals surface area contributed by atoms with Gasteiger partial charge < -0.3 is 0 Å². The zero-order valence-electron chi connectivity index (χ0n) is 12.0. The van der Waals surface area contributed by atoms with E-state index in [-0.39, 0.29) is 0 Å². The van der Waals surface area contributed by atoms with Gasteiger partial charge in [-0.2, -0.15) is 5.26 Å². The van der Waals surface area contributed by atoms with Crippen molar-refractivity contribution in [2.45, 2.75) is 65.7 Å². The molecule has 0 aliphatic carbocycles. The molecule has 0 unspecified atom stereocenters. The van der Waals surface area contributed by atoms with E-state index in [1.165, 1.54) is 57.0 Å². The van der Waals surface area contributed by atoms with Gasteiger partial charge in [-0.3, -0.25) is 0 Å². The van der Waals surface area contributed by atoms with E-state index in [9.17, 15) is 0 Å². The summed E-state index contributed by atoms with van der Waals surface area (Å²) in [4.78, 5) is 0. The number of hydrogen-bond acceptors (Lipinski definition) is 1. The SMILES string of the molecule is CCCCP(=CCC#N)(CCCC)CCCC. The summed E-state index contributed by atoms with van der Waals surface area (Å²) in [5.41, 5.74) is 0. The maximum absolute atomic E-state index is 8.84. The summed E-state index contributed by atoms with van der Waals surface area (Å²) in [6.45, 7) is 5.92. The highest BCUT2D eigenvalue weighted by Gasteiger charge is 2.15. The van der Waals surface area contributed by atoms with E-state index >= 15 is 0 Å². The molecular weight excluding hydrogens is 225 g/mol. The standard InChI is InChI=1S/C15H30NP/c1-4-7-12-17(13-8-5-2,14-9-6-3)15-10-11-16/h15H,4-10,12-14H2,1-3H3. The molecule has 0 heterocycles. The molecule has 0 saturated carbocycles. The first-order valence-corrected chi connectivity index (χ1v) is 9.73. The lowest BCUT2D eigenvalue weighted by molar-refractivity contribution is 0.845. The molecule has 17 heavy (non-hydrogen) atoms. The van der Waals surface area contributed by atoms with E-state index in [0.717, 1.165) is 0 Å². The normalized spacial score (nSPS) is 11.2. The molecule has 0 rings (SSSR count). The third-order valence-corrected chi connectivity index (χ3v) is 8.02. The second kappa shape index (κ2) is 10.9. The van der Waals surface area contributed by atoms with Crippen LogP contribution in [0.15, 0.2) is 0 Å². The smallest absolute Gasteiger partial charge is 0.0663 e. The van der Waals surface area contributed by atoms with Gasteiger partial charge in [-0.1, -0.05) is 45.8 Å². The maximum atomic E-state index is 8.84. The first-order chi connectivity index (χ1) is 8.24. The molecule has 0 spiro atoms. The van der Waals surface area contributed by atoms with Crippen molar-refractivity contribution in [3.05, 3.63) is 0 Å². The summed E-state index contributed by atoms with van der Waals surface area (Å²) < 4.78 is 0. The highest BCUT2D eigenvalue weighted by molar-refractivity contribution is 7.74. The summed E-state index contributed by atoms with van der Waals surface area (Å²) in [5, 5.41) is 8.84. The van der Waals surface area contributed by atoms with Crippen LogP contribution < -0.4 is 0 Å². The number of rotatable bonds is 10. The third-order valence-electron chi connectivity index (χ3n) is 3.44. The first kappa shape index (κ1) is 16.8. The summed E-state index contributed by atoms with van der Waals surface area (Å²) in [6, 6.07) is 2.32. The molecule has 0 atom stereocenters. The van der Waals surface area contributed by atoms with Crippen molar-refractivity contribution >= 4 is 12.7 Å². The van der Waals surface area contributed by atoms with Gasteiger partial charge in [-0.05, 0) is 37.7 Å². The Hall–Kier alpha value is -0.210. The van der Waals surface area contributed by atoms with Crippen molar-refractivity contribution in [3.63, 3.8) is 0 Å². The Morgan fingerprint density at radius 1 is 0.882 bits per heavy atom. The van der Waals surface area contributed by atoms with Gasteiger partial charge in [0, 0.05) is 0 Å². The molecular formula is C15H30NP. The van der Waals surface area contributed by atoms with Crippen molar-refractivity contribution < 1.29 is 0 Å². The molecule has 0 N–H and O–H groups in total. The number of nitriles is 1. The van der Waals surface area contributed by atoms with Crippen LogP contribution >= 0.6 is 6.89 Å². The van der Waals surface area contributed by atoms with Crippen LogP contribution in [-0.2, 0) is 0 Å². The van der Waals surface area contributed by atoms with Gasteiger partial charge in [-0.25, -0.2) is 0 Å². The molecule has 0 aromatic carbocycles. The molecule has 0 aromatic heterocycles. The molecule has 0 fully saturated rings. The van der Waals surface area contributed by atoms with Gasteiger partial charge in [-0.15, -0.1) is 6.89 Å². The van der Waals surface area contributed by atoms with Crippen molar-refractivity contribution in [1.29, 1.82) is 5.26 Å². The molecule has 2 heteroatoms. The molecule has 0 amide bonds. The highest BCUT2D eigenvalue weighted by Crippen LogP contribution is 2.49. The van der Waals surface area contributed by atoms with Crippen LogP contribution in [0, 0.1) is 11.3 Å². The number of nitrogens with zero attached hydrogens (tertiary/aromatic N) is 1. The molecule has 0 aliphatic heterocycles. The predicted octanol–water partition coefficient (Wildman–Crippen LogP) is 5.12. The zero-order chi connectivity index (χ0) is 13.0. The van der Waals surface area contributed by atoms with E-state index in [1.54, 1.807) is 0 Å². The van der Waals surface area contributed by atoms with Crippen molar-refractivity contribution in [3.8, 4) is 6.07 Å². The molecule has 1 nitrogen and oxygen atoms in total. The zero-order valence-corrected chi connectivity index (χ0v) is 12.9. The Bertz CT molecular complexity index is 234. The number of hydrogen-bond donors (Lipinski definition) is 0. The van der Waals surface area contributed by atoms with Crippen molar-refractivity contribution in [1.82, 2.24) is 0 Å². The summed E-state index contributed by atoms with van der Waals surface area (Å²) in [7, 11) is 0. The van der Waals surface area contributed by atoms with Crippen LogP contribution in [0.2, 0.25) is 0 Å². The Morgan fingerprint density at radius 3 is 1.59 bits per heavy atom. The van der Waals surface area contributed by atoms with Gasteiger partial charge in [0.15, 0.2) is 0 Å². The molecule has 0 aliphatic rings. The first-order valence-electron chi connectivity index (χ1n) is 7.31. The second-order valence-corrected chi connectivity index (χ2v) is 9.14. The van der Waals surface area contributed by atoms with Gasteiger partial charge in [0.25, 0.3) is 0 Å². The van der Waals surface area contributed by atoms with Crippen molar-refractivity contribution in [2.75, 3.05) is 18.5 Å². The van der Waals surface area contributed by atoms with Crippen LogP contribution in [0.25, 0.3) is 0 Å². The van der Waals surface area contributed by atoms with Crippen LogP contribution in [-0.4, -0.2) is 24.3 Å². The number of unbranched alkanes of at least 4 members (excludes halogenated alkanes) is 3. The largest absolute Gasteiger partial charge is 0.198 e. The van der Waals surface area contributed by atoms with Crippen LogP contribution in [0.4, 0.5) is 0 Å².